The molecule has 1 aliphatic rings. The Hall–Kier alpha value is -0.633. The molecule has 0 atom stereocenters. The maximum atomic E-state index is 12.3. The van der Waals surface area contributed by atoms with Crippen LogP contribution in [0.1, 0.15) is 39.0 Å². The summed E-state index contributed by atoms with van der Waals surface area (Å²) in [4.78, 5) is 12.3. The van der Waals surface area contributed by atoms with Gasteiger partial charge in [-0.25, -0.2) is 0 Å². The fourth-order valence-electron chi connectivity index (χ4n) is 2.43. The van der Waals surface area contributed by atoms with Crippen molar-refractivity contribution in [3.63, 3.8) is 0 Å². The Bertz CT molecular complexity index is 336. The highest BCUT2D eigenvalue weighted by molar-refractivity contribution is 6.77. The maximum Gasteiger partial charge on any atom is 0.183 e. The van der Waals surface area contributed by atoms with Crippen molar-refractivity contribution in [2.45, 2.75) is 64.7 Å². The molecule has 0 saturated heterocycles. The highest BCUT2D eigenvalue weighted by Gasteiger charge is 2.24. The standard InChI is InChI=1S/C15H26OSi/c1-12(2)15(16)14(11-17(3,4)5)13-9-7-6-8-10-13/h1,6-11H2,2-5H3. The van der Waals surface area contributed by atoms with Crippen molar-refractivity contribution in [1.82, 2.24) is 0 Å². The van der Waals surface area contributed by atoms with E-state index in [1.807, 2.05) is 6.92 Å². The van der Waals surface area contributed by atoms with Gasteiger partial charge < -0.3 is 0 Å². The Morgan fingerprint density at radius 2 is 1.71 bits per heavy atom. The lowest BCUT2D eigenvalue weighted by atomic mass is 9.89. The second-order valence-electron chi connectivity index (χ2n) is 6.49. The lowest BCUT2D eigenvalue weighted by Gasteiger charge is -2.23. The summed E-state index contributed by atoms with van der Waals surface area (Å²) >= 11 is 0. The van der Waals surface area contributed by atoms with Crippen LogP contribution < -0.4 is 0 Å². The number of carbonyl (C=O) groups is 1. The summed E-state index contributed by atoms with van der Waals surface area (Å²) in [5.74, 6) is 0.226. The van der Waals surface area contributed by atoms with Gasteiger partial charge in [-0.05, 0) is 49.8 Å². The summed E-state index contributed by atoms with van der Waals surface area (Å²) < 4.78 is 0. The van der Waals surface area contributed by atoms with Crippen LogP contribution in [0.15, 0.2) is 23.3 Å². The number of hydrogen-bond acceptors (Lipinski definition) is 1. The number of carbonyl (C=O) groups excluding carboxylic acids is 1. The molecule has 1 saturated carbocycles. The molecule has 0 heterocycles. The Labute approximate surface area is 107 Å². The molecule has 0 N–H and O–H groups in total. The number of ketones is 1. The van der Waals surface area contributed by atoms with Gasteiger partial charge in [-0.15, -0.1) is 0 Å². The first-order chi connectivity index (χ1) is 7.81. The SMILES string of the molecule is C=C(C)C(=O)C(C[Si](C)(C)C)=C1CCCCC1. The van der Waals surface area contributed by atoms with Gasteiger partial charge in [0.15, 0.2) is 5.78 Å². The van der Waals surface area contributed by atoms with E-state index in [1.165, 1.54) is 24.8 Å². The van der Waals surface area contributed by atoms with Crippen molar-refractivity contribution in [1.29, 1.82) is 0 Å². The summed E-state index contributed by atoms with van der Waals surface area (Å²) in [7, 11) is -1.23. The maximum absolute atomic E-state index is 12.3. The monoisotopic (exact) mass is 250 g/mol. The molecular formula is C15H26OSi. The highest BCUT2D eigenvalue weighted by Crippen LogP contribution is 2.31. The molecule has 1 aliphatic carbocycles. The Kier molecular flexibility index (Phi) is 4.93. The second-order valence-corrected chi connectivity index (χ2v) is 12.0. The Morgan fingerprint density at radius 3 is 2.12 bits per heavy atom. The van der Waals surface area contributed by atoms with Crippen LogP contribution >= 0.6 is 0 Å². The quantitative estimate of drug-likeness (QED) is 0.521. The molecule has 96 valence electrons. The summed E-state index contributed by atoms with van der Waals surface area (Å²) in [6.07, 6.45) is 6.12. The summed E-state index contributed by atoms with van der Waals surface area (Å²) in [6.45, 7) is 12.7. The van der Waals surface area contributed by atoms with Gasteiger partial charge >= 0.3 is 0 Å². The minimum absolute atomic E-state index is 0.226. The van der Waals surface area contributed by atoms with E-state index >= 15 is 0 Å². The Balaban J connectivity index is 3.00. The van der Waals surface area contributed by atoms with Gasteiger partial charge in [0.25, 0.3) is 0 Å². The third kappa shape index (κ3) is 4.62. The third-order valence-electron chi connectivity index (χ3n) is 3.25. The molecule has 0 amide bonds. The van der Waals surface area contributed by atoms with Gasteiger partial charge in [0.2, 0.25) is 0 Å². The van der Waals surface area contributed by atoms with Crippen LogP contribution in [0.2, 0.25) is 25.7 Å². The van der Waals surface area contributed by atoms with E-state index in [9.17, 15) is 4.79 Å². The molecule has 0 bridgehead atoms. The number of hydrogen-bond donors (Lipinski definition) is 0. The first kappa shape index (κ1) is 14.4. The van der Waals surface area contributed by atoms with Crippen molar-refractivity contribution < 1.29 is 4.79 Å². The molecule has 0 unspecified atom stereocenters. The lowest BCUT2D eigenvalue weighted by Crippen LogP contribution is -2.24. The molecule has 0 spiro atoms. The van der Waals surface area contributed by atoms with Crippen molar-refractivity contribution in [3.8, 4) is 0 Å². The van der Waals surface area contributed by atoms with E-state index in [1.54, 1.807) is 0 Å². The first-order valence-corrected chi connectivity index (χ1v) is 10.4. The van der Waals surface area contributed by atoms with Crippen LogP contribution in [0.4, 0.5) is 0 Å². The average Bonchev–Trinajstić information content (AvgIpc) is 2.25. The second kappa shape index (κ2) is 5.81. The van der Waals surface area contributed by atoms with E-state index in [2.05, 4.69) is 26.2 Å². The number of rotatable bonds is 4. The summed E-state index contributed by atoms with van der Waals surface area (Å²) in [5, 5.41) is 0. The lowest BCUT2D eigenvalue weighted by molar-refractivity contribution is -0.112. The number of Topliss-reactive ketones (excluding diaryl/α,β-unsaturated/α-hetero) is 1. The fourth-order valence-corrected chi connectivity index (χ4v) is 3.91. The van der Waals surface area contributed by atoms with Crippen molar-refractivity contribution >= 4 is 13.9 Å². The molecule has 0 aromatic carbocycles. The van der Waals surface area contributed by atoms with E-state index in [0.29, 0.717) is 5.57 Å². The fraction of sp³-hybridized carbons (Fsp3) is 0.667. The zero-order valence-electron chi connectivity index (χ0n) is 11.9. The minimum atomic E-state index is -1.23. The molecule has 17 heavy (non-hydrogen) atoms. The predicted octanol–water partition coefficient (Wildman–Crippen LogP) is 4.73. The van der Waals surface area contributed by atoms with E-state index in [-0.39, 0.29) is 5.78 Å². The molecule has 0 aromatic heterocycles. The summed E-state index contributed by atoms with van der Waals surface area (Å²) in [5.41, 5.74) is 3.26. The van der Waals surface area contributed by atoms with Crippen molar-refractivity contribution in [3.05, 3.63) is 23.3 Å². The largest absolute Gasteiger partial charge is 0.289 e. The zero-order valence-corrected chi connectivity index (χ0v) is 12.9. The van der Waals surface area contributed by atoms with E-state index < -0.39 is 8.07 Å². The van der Waals surface area contributed by atoms with E-state index in [0.717, 1.165) is 24.5 Å². The average molecular weight is 250 g/mol. The van der Waals surface area contributed by atoms with Gasteiger partial charge in [0, 0.05) is 8.07 Å². The van der Waals surface area contributed by atoms with Gasteiger partial charge in [0.05, 0.1) is 0 Å². The molecule has 1 fully saturated rings. The van der Waals surface area contributed by atoms with Crippen LogP contribution in [-0.4, -0.2) is 13.9 Å². The third-order valence-corrected chi connectivity index (χ3v) is 4.67. The van der Waals surface area contributed by atoms with E-state index in [4.69, 9.17) is 0 Å². The molecular weight excluding hydrogens is 224 g/mol. The van der Waals surface area contributed by atoms with Gasteiger partial charge in [0.1, 0.15) is 0 Å². The highest BCUT2D eigenvalue weighted by atomic mass is 28.3. The molecule has 1 nitrogen and oxygen atoms in total. The normalized spacial score (nSPS) is 16.8. The van der Waals surface area contributed by atoms with Crippen LogP contribution in [0.3, 0.4) is 0 Å². The molecule has 0 aromatic rings. The smallest absolute Gasteiger partial charge is 0.183 e. The van der Waals surface area contributed by atoms with Gasteiger partial charge in [-0.2, -0.15) is 0 Å². The molecule has 1 rings (SSSR count). The topological polar surface area (TPSA) is 17.1 Å². The van der Waals surface area contributed by atoms with Gasteiger partial charge in [-0.1, -0.05) is 38.2 Å². The number of allylic oxidation sites excluding steroid dienone is 3. The molecule has 2 heteroatoms. The van der Waals surface area contributed by atoms with Crippen LogP contribution in [0.5, 0.6) is 0 Å². The Morgan fingerprint density at radius 1 is 1.18 bits per heavy atom. The van der Waals surface area contributed by atoms with Crippen molar-refractivity contribution in [2.24, 2.45) is 0 Å². The van der Waals surface area contributed by atoms with Crippen LogP contribution in [0.25, 0.3) is 0 Å². The first-order valence-electron chi connectivity index (χ1n) is 6.72. The van der Waals surface area contributed by atoms with Gasteiger partial charge in [-0.3, -0.25) is 4.79 Å². The minimum Gasteiger partial charge on any atom is -0.289 e. The van der Waals surface area contributed by atoms with Crippen LogP contribution in [-0.2, 0) is 4.79 Å². The molecule has 0 radical (unpaired) electrons. The van der Waals surface area contributed by atoms with Crippen LogP contribution in [0, 0.1) is 0 Å². The molecule has 0 aliphatic heterocycles. The van der Waals surface area contributed by atoms with Crippen molar-refractivity contribution in [2.75, 3.05) is 0 Å². The predicted molar refractivity (Wildman–Crippen MR) is 78.1 cm³/mol. The zero-order chi connectivity index (χ0) is 13.1. The summed E-state index contributed by atoms with van der Waals surface area (Å²) in [6, 6.07) is 1.02.